The third-order valence-corrected chi connectivity index (χ3v) is 2.91. The quantitative estimate of drug-likeness (QED) is 0.751. The lowest BCUT2D eigenvalue weighted by Crippen LogP contribution is -2.25. The average Bonchev–Trinajstić information content (AvgIpc) is 2.29. The van der Waals surface area contributed by atoms with Gasteiger partial charge in [-0.25, -0.2) is 4.98 Å². The van der Waals surface area contributed by atoms with Crippen LogP contribution >= 0.6 is 15.9 Å². The summed E-state index contributed by atoms with van der Waals surface area (Å²) in [7, 11) is 0. The van der Waals surface area contributed by atoms with Crippen molar-refractivity contribution in [3.05, 3.63) is 10.7 Å². The molecule has 0 aromatic carbocycles. The van der Waals surface area contributed by atoms with E-state index in [1.54, 1.807) is 6.20 Å². The topological polar surface area (TPSA) is 70.1 Å². The summed E-state index contributed by atoms with van der Waals surface area (Å²) in [6.45, 7) is 7.19. The van der Waals surface area contributed by atoms with Crippen LogP contribution in [0, 0.1) is 5.92 Å². The van der Waals surface area contributed by atoms with Crippen LogP contribution < -0.4 is 10.6 Å². The van der Waals surface area contributed by atoms with E-state index in [1.807, 2.05) is 20.8 Å². The van der Waals surface area contributed by atoms with E-state index in [0.29, 0.717) is 18.3 Å². The molecular weight excluding hydrogens is 284 g/mol. The molecular formula is C11H19BrN4O. The van der Waals surface area contributed by atoms with E-state index in [4.69, 9.17) is 0 Å². The molecule has 1 aromatic rings. The third kappa shape index (κ3) is 4.47. The molecule has 0 aliphatic heterocycles. The molecule has 1 heterocycles. The average molecular weight is 303 g/mol. The Hall–Kier alpha value is -0.880. The minimum Gasteiger partial charge on any atom is -0.391 e. The van der Waals surface area contributed by atoms with Crippen molar-refractivity contribution in [2.24, 2.45) is 5.92 Å². The molecule has 0 bridgehead atoms. The van der Waals surface area contributed by atoms with Crippen LogP contribution in [0.3, 0.4) is 0 Å². The molecule has 1 rings (SSSR count). The van der Waals surface area contributed by atoms with Crippen molar-refractivity contribution in [1.29, 1.82) is 0 Å². The van der Waals surface area contributed by atoms with E-state index in [0.717, 1.165) is 11.0 Å². The zero-order valence-electron chi connectivity index (χ0n) is 10.4. The lowest BCUT2D eigenvalue weighted by atomic mass is 10.1. The number of hydrogen-bond donors (Lipinski definition) is 3. The van der Waals surface area contributed by atoms with Crippen molar-refractivity contribution in [3.8, 4) is 0 Å². The van der Waals surface area contributed by atoms with E-state index >= 15 is 0 Å². The van der Waals surface area contributed by atoms with Crippen LogP contribution in [-0.2, 0) is 0 Å². The van der Waals surface area contributed by atoms with Gasteiger partial charge in [0.15, 0.2) is 0 Å². The minimum atomic E-state index is -0.389. The predicted octanol–water partition coefficient (Wildman–Crippen LogP) is 2.10. The lowest BCUT2D eigenvalue weighted by molar-refractivity contribution is 0.138. The van der Waals surface area contributed by atoms with Gasteiger partial charge in [-0.1, -0.05) is 13.8 Å². The maximum Gasteiger partial charge on any atom is 0.224 e. The van der Waals surface area contributed by atoms with Crippen LogP contribution in [0.25, 0.3) is 0 Å². The first-order chi connectivity index (χ1) is 8.04. The summed E-state index contributed by atoms with van der Waals surface area (Å²) in [6, 6.07) is 0. The summed E-state index contributed by atoms with van der Waals surface area (Å²) in [4.78, 5) is 8.42. The first kappa shape index (κ1) is 14.2. The van der Waals surface area contributed by atoms with E-state index in [1.165, 1.54) is 0 Å². The van der Waals surface area contributed by atoms with Crippen LogP contribution in [-0.4, -0.2) is 34.3 Å². The van der Waals surface area contributed by atoms with Gasteiger partial charge in [-0.2, -0.15) is 4.98 Å². The number of halogens is 1. The van der Waals surface area contributed by atoms with Gasteiger partial charge in [-0.15, -0.1) is 0 Å². The van der Waals surface area contributed by atoms with Gasteiger partial charge in [-0.3, -0.25) is 0 Å². The molecule has 0 amide bonds. The molecule has 0 fully saturated rings. The Kier molecular flexibility index (Phi) is 5.64. The molecule has 0 radical (unpaired) electrons. The number of aliphatic hydroxyl groups excluding tert-OH is 1. The first-order valence-electron chi connectivity index (χ1n) is 5.73. The molecule has 0 spiro atoms. The second-order valence-corrected chi connectivity index (χ2v) is 4.97. The van der Waals surface area contributed by atoms with Crippen LogP contribution in [0.15, 0.2) is 10.7 Å². The number of aromatic nitrogens is 2. The van der Waals surface area contributed by atoms with Gasteiger partial charge in [-0.05, 0) is 28.8 Å². The summed E-state index contributed by atoms with van der Waals surface area (Å²) >= 11 is 3.37. The fourth-order valence-electron chi connectivity index (χ4n) is 1.17. The Bertz CT molecular complexity index is 359. The summed E-state index contributed by atoms with van der Waals surface area (Å²) < 4.78 is 0.787. The fraction of sp³-hybridized carbons (Fsp3) is 0.636. The van der Waals surface area contributed by atoms with Gasteiger partial charge in [0.25, 0.3) is 0 Å². The van der Waals surface area contributed by atoms with Gasteiger partial charge < -0.3 is 15.7 Å². The van der Waals surface area contributed by atoms with E-state index in [2.05, 4.69) is 36.5 Å². The Morgan fingerprint density at radius 3 is 2.71 bits per heavy atom. The molecule has 6 heteroatoms. The summed E-state index contributed by atoms with van der Waals surface area (Å²) in [6.07, 6.45) is 1.30. The van der Waals surface area contributed by atoms with Gasteiger partial charge in [0.05, 0.1) is 10.6 Å². The van der Waals surface area contributed by atoms with Crippen LogP contribution in [0.5, 0.6) is 0 Å². The second kappa shape index (κ2) is 6.76. The smallest absolute Gasteiger partial charge is 0.224 e. The molecule has 96 valence electrons. The number of aliphatic hydroxyl groups is 1. The predicted molar refractivity (Wildman–Crippen MR) is 73.2 cm³/mol. The molecule has 0 aliphatic rings. The third-order valence-electron chi connectivity index (χ3n) is 2.33. The second-order valence-electron chi connectivity index (χ2n) is 4.11. The van der Waals surface area contributed by atoms with Crippen molar-refractivity contribution in [2.75, 3.05) is 23.7 Å². The Balaban J connectivity index is 2.66. The maximum absolute atomic E-state index is 9.71. The van der Waals surface area contributed by atoms with E-state index in [9.17, 15) is 5.11 Å². The molecule has 1 atom stereocenters. The maximum atomic E-state index is 9.71. The molecule has 0 aliphatic carbocycles. The first-order valence-corrected chi connectivity index (χ1v) is 6.52. The Morgan fingerprint density at radius 2 is 2.12 bits per heavy atom. The van der Waals surface area contributed by atoms with E-state index < -0.39 is 0 Å². The summed E-state index contributed by atoms with van der Waals surface area (Å²) in [5, 5.41) is 15.9. The standard InChI is InChI=1S/C11H19BrN4O/c1-4-13-11-15-5-8(12)10(16-11)14-6-9(17)7(2)3/h5,7,9,17H,4,6H2,1-3H3,(H2,13,14,15,16). The van der Waals surface area contributed by atoms with Crippen molar-refractivity contribution >= 4 is 27.7 Å². The Labute approximate surface area is 110 Å². The van der Waals surface area contributed by atoms with Crippen molar-refractivity contribution in [3.63, 3.8) is 0 Å². The highest BCUT2D eigenvalue weighted by molar-refractivity contribution is 9.10. The molecule has 5 nitrogen and oxygen atoms in total. The molecule has 0 saturated carbocycles. The van der Waals surface area contributed by atoms with E-state index in [-0.39, 0.29) is 12.0 Å². The number of nitrogens with zero attached hydrogens (tertiary/aromatic N) is 2. The Morgan fingerprint density at radius 1 is 1.41 bits per heavy atom. The number of rotatable bonds is 6. The zero-order chi connectivity index (χ0) is 12.8. The van der Waals surface area contributed by atoms with Gasteiger partial charge in [0, 0.05) is 19.3 Å². The highest BCUT2D eigenvalue weighted by atomic mass is 79.9. The van der Waals surface area contributed by atoms with Gasteiger partial charge >= 0.3 is 0 Å². The van der Waals surface area contributed by atoms with Crippen molar-refractivity contribution < 1.29 is 5.11 Å². The highest BCUT2D eigenvalue weighted by Crippen LogP contribution is 2.20. The van der Waals surface area contributed by atoms with Crippen LogP contribution in [0.2, 0.25) is 0 Å². The fourth-order valence-corrected chi connectivity index (χ4v) is 1.50. The minimum absolute atomic E-state index is 0.219. The zero-order valence-corrected chi connectivity index (χ0v) is 12.0. The monoisotopic (exact) mass is 302 g/mol. The van der Waals surface area contributed by atoms with Gasteiger partial charge in [0.2, 0.25) is 5.95 Å². The summed E-state index contributed by atoms with van der Waals surface area (Å²) in [5.41, 5.74) is 0. The largest absolute Gasteiger partial charge is 0.391 e. The van der Waals surface area contributed by atoms with Crippen molar-refractivity contribution in [1.82, 2.24) is 9.97 Å². The molecule has 17 heavy (non-hydrogen) atoms. The SMILES string of the molecule is CCNc1ncc(Br)c(NCC(O)C(C)C)n1. The van der Waals surface area contributed by atoms with Crippen molar-refractivity contribution in [2.45, 2.75) is 26.9 Å². The highest BCUT2D eigenvalue weighted by Gasteiger charge is 2.10. The molecule has 1 unspecified atom stereocenters. The number of nitrogens with one attached hydrogen (secondary N) is 2. The molecule has 0 saturated heterocycles. The summed E-state index contributed by atoms with van der Waals surface area (Å²) in [5.74, 6) is 1.49. The number of anilines is 2. The lowest BCUT2D eigenvalue weighted by Gasteiger charge is -2.16. The molecule has 3 N–H and O–H groups in total. The molecule has 1 aromatic heterocycles. The van der Waals surface area contributed by atoms with Crippen LogP contribution in [0.1, 0.15) is 20.8 Å². The van der Waals surface area contributed by atoms with Gasteiger partial charge in [0.1, 0.15) is 5.82 Å². The number of hydrogen-bond acceptors (Lipinski definition) is 5. The van der Waals surface area contributed by atoms with Crippen LogP contribution in [0.4, 0.5) is 11.8 Å². The normalized spacial score (nSPS) is 12.6.